The van der Waals surface area contributed by atoms with E-state index in [2.05, 4.69) is 44.1 Å². The summed E-state index contributed by atoms with van der Waals surface area (Å²) < 4.78 is 24.0. The molecular formula is C24H40N2O5. The number of ether oxygens (including phenoxy) is 4. The molecule has 3 saturated heterocycles. The number of hydrogen-bond acceptors (Lipinski definition) is 6. The van der Waals surface area contributed by atoms with Crippen LogP contribution in [0.3, 0.4) is 0 Å². The van der Waals surface area contributed by atoms with Gasteiger partial charge in [0.2, 0.25) is 0 Å². The van der Waals surface area contributed by atoms with Crippen LogP contribution >= 0.6 is 0 Å². The Hall–Kier alpha value is -1.15. The first kappa shape index (κ1) is 23.0. The van der Waals surface area contributed by atoms with E-state index in [0.717, 1.165) is 38.8 Å². The lowest BCUT2D eigenvalue weighted by atomic mass is 9.68. The largest absolute Gasteiger partial charge is 0.443 e. The first-order valence-electron chi connectivity index (χ1n) is 11.9. The van der Waals surface area contributed by atoms with Crippen molar-refractivity contribution in [3.8, 4) is 0 Å². The van der Waals surface area contributed by atoms with Gasteiger partial charge in [0.05, 0.1) is 18.6 Å². The fraction of sp³-hybridized carbons (Fsp3) is 0.875. The highest BCUT2D eigenvalue weighted by Gasteiger charge is 2.72. The summed E-state index contributed by atoms with van der Waals surface area (Å²) in [6, 6.07) is 0.558. The van der Waals surface area contributed by atoms with Crippen molar-refractivity contribution in [2.24, 2.45) is 5.92 Å². The van der Waals surface area contributed by atoms with Gasteiger partial charge in [-0.3, -0.25) is 0 Å². The summed E-state index contributed by atoms with van der Waals surface area (Å²) in [7, 11) is 3.86. The molecule has 7 heteroatoms. The zero-order chi connectivity index (χ0) is 22.2. The van der Waals surface area contributed by atoms with Gasteiger partial charge in [0.15, 0.2) is 0 Å². The number of nitrogens with one attached hydrogen (secondary N) is 1. The SMILES string of the molecule is CO[C@H]1[C@@H]([C@@]2(C)O[C@@H]2CC=C(C)C)[C@]2(CC[C@H]1OC(=O)NCCC1CCCN1C)CO2. The number of hydrogen-bond donors (Lipinski definition) is 1. The van der Waals surface area contributed by atoms with E-state index in [9.17, 15) is 4.79 Å². The molecule has 1 amide bonds. The number of amides is 1. The van der Waals surface area contributed by atoms with Crippen molar-refractivity contribution in [3.63, 3.8) is 0 Å². The number of rotatable bonds is 8. The molecule has 3 heterocycles. The second-order valence-electron chi connectivity index (χ2n) is 10.3. The van der Waals surface area contributed by atoms with Gasteiger partial charge in [-0.05, 0) is 72.9 Å². The molecular weight excluding hydrogens is 396 g/mol. The summed E-state index contributed by atoms with van der Waals surface area (Å²) in [5.74, 6) is 0.0549. The summed E-state index contributed by atoms with van der Waals surface area (Å²) in [5.41, 5.74) is 0.789. The Morgan fingerprint density at radius 1 is 1.32 bits per heavy atom. The molecule has 1 spiro atoms. The predicted molar refractivity (Wildman–Crippen MR) is 118 cm³/mol. The van der Waals surface area contributed by atoms with E-state index in [4.69, 9.17) is 18.9 Å². The fourth-order valence-corrected chi connectivity index (χ4v) is 5.93. The van der Waals surface area contributed by atoms with Crippen LogP contribution in [0, 0.1) is 5.92 Å². The molecule has 0 aromatic carbocycles. The Balaban J connectivity index is 1.34. The number of carbonyl (C=O) groups is 1. The maximum absolute atomic E-state index is 12.5. The number of nitrogens with zero attached hydrogens (tertiary/aromatic N) is 1. The average molecular weight is 437 g/mol. The van der Waals surface area contributed by atoms with E-state index < -0.39 is 0 Å². The molecule has 1 aliphatic carbocycles. The quantitative estimate of drug-likeness (QED) is 0.465. The molecule has 0 bridgehead atoms. The van der Waals surface area contributed by atoms with Gasteiger partial charge in [0.1, 0.15) is 23.4 Å². The molecule has 31 heavy (non-hydrogen) atoms. The first-order chi connectivity index (χ1) is 14.8. The van der Waals surface area contributed by atoms with Crippen molar-refractivity contribution in [1.82, 2.24) is 10.2 Å². The van der Waals surface area contributed by atoms with Crippen LogP contribution < -0.4 is 5.32 Å². The molecule has 1 unspecified atom stereocenters. The molecule has 3 aliphatic heterocycles. The molecule has 0 radical (unpaired) electrons. The summed E-state index contributed by atoms with van der Waals surface area (Å²) in [6.07, 6.45) is 7.44. The number of epoxide rings is 2. The van der Waals surface area contributed by atoms with Gasteiger partial charge in [-0.2, -0.15) is 0 Å². The molecule has 0 aromatic heterocycles. The molecule has 7 atom stereocenters. The fourth-order valence-electron chi connectivity index (χ4n) is 5.93. The molecule has 176 valence electrons. The Kier molecular flexibility index (Phi) is 6.69. The van der Waals surface area contributed by atoms with Gasteiger partial charge < -0.3 is 29.2 Å². The van der Waals surface area contributed by atoms with Crippen LogP contribution in [0.1, 0.15) is 59.3 Å². The zero-order valence-electron chi connectivity index (χ0n) is 19.8. The van der Waals surface area contributed by atoms with E-state index in [1.807, 2.05) is 0 Å². The maximum Gasteiger partial charge on any atom is 0.407 e. The van der Waals surface area contributed by atoms with Crippen LogP contribution in [0.25, 0.3) is 0 Å². The van der Waals surface area contributed by atoms with Crippen LogP contribution in [0.2, 0.25) is 0 Å². The van der Waals surface area contributed by atoms with E-state index in [-0.39, 0.29) is 41.5 Å². The summed E-state index contributed by atoms with van der Waals surface area (Å²) in [4.78, 5) is 14.9. The van der Waals surface area contributed by atoms with Crippen molar-refractivity contribution < 1.29 is 23.7 Å². The topological polar surface area (TPSA) is 75.9 Å². The number of alkyl carbamates (subject to hydrolysis) is 1. The third kappa shape index (κ3) is 4.80. The average Bonchev–Trinajstić information content (AvgIpc) is 3.59. The lowest BCUT2D eigenvalue weighted by Gasteiger charge is -2.42. The lowest BCUT2D eigenvalue weighted by Crippen LogP contribution is -2.56. The zero-order valence-corrected chi connectivity index (χ0v) is 19.8. The molecule has 1 saturated carbocycles. The highest BCUT2D eigenvalue weighted by Crippen LogP contribution is 2.59. The molecule has 4 rings (SSSR count). The number of likely N-dealkylation sites (tertiary alicyclic amines) is 1. The summed E-state index contributed by atoms with van der Waals surface area (Å²) in [6.45, 7) is 8.90. The molecule has 1 N–H and O–H groups in total. The van der Waals surface area contributed by atoms with Crippen molar-refractivity contribution in [1.29, 1.82) is 0 Å². The second-order valence-corrected chi connectivity index (χ2v) is 10.3. The number of allylic oxidation sites excluding steroid dienone is 1. The summed E-state index contributed by atoms with van der Waals surface area (Å²) >= 11 is 0. The van der Waals surface area contributed by atoms with E-state index in [1.54, 1.807) is 7.11 Å². The highest BCUT2D eigenvalue weighted by molar-refractivity contribution is 5.67. The number of methoxy groups -OCH3 is 1. The van der Waals surface area contributed by atoms with E-state index in [0.29, 0.717) is 12.6 Å². The van der Waals surface area contributed by atoms with Gasteiger partial charge in [-0.1, -0.05) is 11.6 Å². The number of carbonyl (C=O) groups excluding carboxylic acids is 1. The Morgan fingerprint density at radius 2 is 2.10 bits per heavy atom. The smallest absolute Gasteiger partial charge is 0.407 e. The van der Waals surface area contributed by atoms with Crippen molar-refractivity contribution in [2.75, 3.05) is 33.9 Å². The third-order valence-electron chi connectivity index (χ3n) is 7.91. The van der Waals surface area contributed by atoms with Gasteiger partial charge in [-0.25, -0.2) is 4.79 Å². The van der Waals surface area contributed by atoms with Gasteiger partial charge in [0.25, 0.3) is 0 Å². The monoisotopic (exact) mass is 436 g/mol. The van der Waals surface area contributed by atoms with Crippen molar-refractivity contribution in [2.45, 2.75) is 94.9 Å². The first-order valence-corrected chi connectivity index (χ1v) is 11.9. The minimum Gasteiger partial charge on any atom is -0.443 e. The van der Waals surface area contributed by atoms with Crippen molar-refractivity contribution >= 4 is 6.09 Å². The van der Waals surface area contributed by atoms with Crippen LogP contribution in [0.15, 0.2) is 11.6 Å². The minimum absolute atomic E-state index is 0.0549. The van der Waals surface area contributed by atoms with Gasteiger partial charge in [0, 0.05) is 19.7 Å². The highest BCUT2D eigenvalue weighted by atomic mass is 16.6. The van der Waals surface area contributed by atoms with Gasteiger partial charge in [-0.15, -0.1) is 0 Å². The van der Waals surface area contributed by atoms with E-state index >= 15 is 0 Å². The Labute approximate surface area is 186 Å². The van der Waals surface area contributed by atoms with Crippen LogP contribution in [-0.4, -0.2) is 80.4 Å². The summed E-state index contributed by atoms with van der Waals surface area (Å²) in [5, 5.41) is 2.96. The molecule has 7 nitrogen and oxygen atoms in total. The Bertz CT molecular complexity index is 689. The van der Waals surface area contributed by atoms with Gasteiger partial charge >= 0.3 is 6.09 Å². The minimum atomic E-state index is -0.345. The van der Waals surface area contributed by atoms with Crippen LogP contribution in [0.5, 0.6) is 0 Å². The maximum atomic E-state index is 12.5. The predicted octanol–water partition coefficient (Wildman–Crippen LogP) is 3.27. The standard InChI is InChI=1S/C24H40N2O5/c1-16(2)8-9-19-23(3,31-19)21-20(28-5)18(10-12-24(21)15-29-24)30-22(27)25-13-11-17-7-6-14-26(17)4/h8,17-21H,6-7,9-15H2,1-5H3,(H,25,27)/t17?,18-,19-,20-,21+,23+,24+/m1/s1. The third-order valence-corrected chi connectivity index (χ3v) is 7.91. The Morgan fingerprint density at radius 3 is 2.71 bits per heavy atom. The molecule has 4 aliphatic rings. The van der Waals surface area contributed by atoms with Crippen LogP contribution in [0.4, 0.5) is 4.79 Å². The van der Waals surface area contributed by atoms with E-state index in [1.165, 1.54) is 18.4 Å². The second kappa shape index (κ2) is 9.00. The molecule has 4 fully saturated rings. The van der Waals surface area contributed by atoms with Crippen LogP contribution in [-0.2, 0) is 18.9 Å². The molecule has 0 aromatic rings. The lowest BCUT2D eigenvalue weighted by molar-refractivity contribution is -0.118. The van der Waals surface area contributed by atoms with Crippen molar-refractivity contribution in [3.05, 3.63) is 11.6 Å². The normalized spacial score (nSPS) is 41.8.